The molecule has 10 heteroatoms. The summed E-state index contributed by atoms with van der Waals surface area (Å²) < 4.78 is 32.0. The molecule has 2 heterocycles. The standard InChI is InChI=1S/C22H20N4O5S/c1-14-2-7-19-17(12-14)22(28)25-21(24-19)18(13-23)20(27)15-3-5-16(6-4-15)32(29,30)26-8-10-31-11-9-26/h2-7,12,18H,8-11H2,1H3,(H,24,25,28)/t18-/m0/s1. The summed E-state index contributed by atoms with van der Waals surface area (Å²) in [7, 11) is -3.70. The van der Waals surface area contributed by atoms with Crippen LogP contribution in [0.2, 0.25) is 0 Å². The molecule has 1 N–H and O–H groups in total. The number of carbonyl (C=O) groups excluding carboxylic acids is 1. The minimum absolute atomic E-state index is 0.0520. The van der Waals surface area contributed by atoms with Crippen LogP contribution >= 0.6 is 0 Å². The molecule has 0 unspecified atom stereocenters. The largest absolute Gasteiger partial charge is 0.379 e. The number of Topliss-reactive ketones (excluding diaryl/α,β-unsaturated/α-hetero) is 1. The van der Waals surface area contributed by atoms with E-state index in [1.54, 1.807) is 18.2 Å². The van der Waals surface area contributed by atoms with Gasteiger partial charge in [-0.3, -0.25) is 9.59 Å². The average Bonchev–Trinajstić information content (AvgIpc) is 2.80. The first-order valence-electron chi connectivity index (χ1n) is 9.93. The van der Waals surface area contributed by atoms with E-state index in [9.17, 15) is 23.3 Å². The number of benzene rings is 2. The third kappa shape index (κ3) is 4.05. The van der Waals surface area contributed by atoms with Crippen LogP contribution in [-0.4, -0.2) is 54.8 Å². The van der Waals surface area contributed by atoms with Gasteiger partial charge >= 0.3 is 0 Å². The molecule has 3 aromatic rings. The van der Waals surface area contributed by atoms with Crippen molar-refractivity contribution in [3.8, 4) is 6.07 Å². The Labute approximate surface area is 184 Å². The summed E-state index contributed by atoms with van der Waals surface area (Å²) in [6.45, 7) is 3.03. The van der Waals surface area contributed by atoms with Crippen molar-refractivity contribution < 1.29 is 17.9 Å². The van der Waals surface area contributed by atoms with Crippen LogP contribution < -0.4 is 5.56 Å². The topological polar surface area (TPSA) is 133 Å². The normalized spacial score (nSPS) is 15.9. The molecule has 1 aromatic heterocycles. The summed E-state index contributed by atoms with van der Waals surface area (Å²) in [5.74, 6) is -1.98. The van der Waals surface area contributed by atoms with Gasteiger partial charge in [-0.05, 0) is 31.2 Å². The highest BCUT2D eigenvalue weighted by Gasteiger charge is 2.28. The number of H-pyrrole nitrogens is 1. The predicted octanol–water partition coefficient (Wildman–Crippen LogP) is 1.74. The number of aromatic amines is 1. The van der Waals surface area contributed by atoms with Crippen molar-refractivity contribution in [3.63, 3.8) is 0 Å². The lowest BCUT2D eigenvalue weighted by molar-refractivity contribution is 0.0730. The molecule has 4 rings (SSSR count). The Kier molecular flexibility index (Phi) is 5.88. The van der Waals surface area contributed by atoms with Crippen molar-refractivity contribution in [3.05, 3.63) is 69.8 Å². The van der Waals surface area contributed by atoms with Gasteiger partial charge in [0, 0.05) is 18.7 Å². The number of carbonyl (C=O) groups is 1. The molecule has 1 aliphatic rings. The predicted molar refractivity (Wildman–Crippen MR) is 116 cm³/mol. The van der Waals surface area contributed by atoms with Crippen molar-refractivity contribution in [2.24, 2.45) is 0 Å². The van der Waals surface area contributed by atoms with Crippen LogP contribution in [0.15, 0.2) is 52.2 Å². The highest BCUT2D eigenvalue weighted by Crippen LogP contribution is 2.22. The molecule has 1 atom stereocenters. The van der Waals surface area contributed by atoms with Crippen LogP contribution in [0.25, 0.3) is 10.9 Å². The van der Waals surface area contributed by atoms with Gasteiger partial charge in [-0.1, -0.05) is 23.8 Å². The fourth-order valence-electron chi connectivity index (χ4n) is 3.55. The van der Waals surface area contributed by atoms with Gasteiger partial charge in [0.25, 0.3) is 5.56 Å². The average molecular weight is 452 g/mol. The smallest absolute Gasteiger partial charge is 0.258 e. The summed E-state index contributed by atoms with van der Waals surface area (Å²) >= 11 is 0. The number of ether oxygens (including phenoxy) is 1. The highest BCUT2D eigenvalue weighted by molar-refractivity contribution is 7.89. The summed E-state index contributed by atoms with van der Waals surface area (Å²) in [5.41, 5.74) is 0.977. The van der Waals surface area contributed by atoms with E-state index in [1.807, 2.05) is 13.0 Å². The number of fused-ring (bicyclic) bond motifs is 1. The van der Waals surface area contributed by atoms with Crippen LogP contribution in [-0.2, 0) is 14.8 Å². The molecule has 0 saturated carbocycles. The third-order valence-electron chi connectivity index (χ3n) is 5.29. The molecule has 9 nitrogen and oxygen atoms in total. The van der Waals surface area contributed by atoms with Crippen molar-refractivity contribution >= 4 is 26.7 Å². The van der Waals surface area contributed by atoms with E-state index < -0.39 is 27.3 Å². The monoisotopic (exact) mass is 452 g/mol. The molecule has 0 spiro atoms. The second kappa shape index (κ2) is 8.63. The SMILES string of the molecule is Cc1ccc2nc([C@@H](C#N)C(=O)c3ccc(S(=O)(=O)N4CCOCC4)cc3)[nH]c(=O)c2c1. The van der Waals surface area contributed by atoms with E-state index in [0.717, 1.165) is 5.56 Å². The van der Waals surface area contributed by atoms with E-state index >= 15 is 0 Å². The second-order valence-electron chi connectivity index (χ2n) is 7.44. The zero-order valence-corrected chi connectivity index (χ0v) is 18.1. The molecule has 164 valence electrons. The van der Waals surface area contributed by atoms with Gasteiger partial charge in [0.15, 0.2) is 11.7 Å². The van der Waals surface area contributed by atoms with Gasteiger partial charge in [0.1, 0.15) is 5.82 Å². The lowest BCUT2D eigenvalue weighted by atomic mass is 9.98. The van der Waals surface area contributed by atoms with Gasteiger partial charge in [0.05, 0.1) is 35.1 Å². The van der Waals surface area contributed by atoms with E-state index in [2.05, 4.69) is 9.97 Å². The Bertz CT molecular complexity index is 1380. The van der Waals surface area contributed by atoms with Crippen molar-refractivity contribution in [2.75, 3.05) is 26.3 Å². The van der Waals surface area contributed by atoms with Crippen LogP contribution in [0, 0.1) is 18.3 Å². The Morgan fingerprint density at radius 3 is 2.53 bits per heavy atom. The quantitative estimate of drug-likeness (QED) is 0.583. The number of morpholine rings is 1. The minimum atomic E-state index is -3.70. The molecule has 0 aliphatic carbocycles. The van der Waals surface area contributed by atoms with Crippen molar-refractivity contribution in [1.82, 2.24) is 14.3 Å². The number of hydrogen-bond donors (Lipinski definition) is 1. The number of aryl methyl sites for hydroxylation is 1. The molecule has 0 bridgehead atoms. The summed E-state index contributed by atoms with van der Waals surface area (Å²) in [5, 5.41) is 10.00. The number of ketones is 1. The number of nitrogens with zero attached hydrogens (tertiary/aromatic N) is 3. The maximum Gasteiger partial charge on any atom is 0.258 e. The second-order valence-corrected chi connectivity index (χ2v) is 9.38. The van der Waals surface area contributed by atoms with Crippen LogP contribution in [0.1, 0.15) is 27.7 Å². The van der Waals surface area contributed by atoms with E-state index in [1.165, 1.54) is 28.6 Å². The fraction of sp³-hybridized carbons (Fsp3) is 0.273. The Balaban J connectivity index is 1.63. The van der Waals surface area contributed by atoms with Crippen molar-refractivity contribution in [2.45, 2.75) is 17.7 Å². The number of nitriles is 1. The van der Waals surface area contributed by atoms with E-state index in [-0.39, 0.29) is 29.4 Å². The van der Waals surface area contributed by atoms with Gasteiger partial charge in [-0.15, -0.1) is 0 Å². The lowest BCUT2D eigenvalue weighted by Gasteiger charge is -2.26. The van der Waals surface area contributed by atoms with Gasteiger partial charge in [0.2, 0.25) is 10.0 Å². The van der Waals surface area contributed by atoms with E-state index in [4.69, 9.17) is 4.74 Å². The van der Waals surface area contributed by atoms with Gasteiger partial charge in [-0.2, -0.15) is 9.57 Å². The summed E-state index contributed by atoms with van der Waals surface area (Å²) in [4.78, 5) is 32.3. The number of hydrogen-bond acceptors (Lipinski definition) is 7. The summed E-state index contributed by atoms with van der Waals surface area (Å²) in [6, 6.07) is 12.4. The first-order chi connectivity index (χ1) is 15.3. The van der Waals surface area contributed by atoms with Crippen LogP contribution in [0.4, 0.5) is 0 Å². The van der Waals surface area contributed by atoms with E-state index in [0.29, 0.717) is 24.1 Å². The van der Waals surface area contributed by atoms with Crippen LogP contribution in [0.3, 0.4) is 0 Å². The molecule has 2 aromatic carbocycles. The number of sulfonamides is 1. The first kappa shape index (κ1) is 21.8. The zero-order valence-electron chi connectivity index (χ0n) is 17.2. The minimum Gasteiger partial charge on any atom is -0.379 e. The summed E-state index contributed by atoms with van der Waals surface area (Å²) in [6.07, 6.45) is 0. The molecule has 32 heavy (non-hydrogen) atoms. The molecule has 1 saturated heterocycles. The molecule has 0 radical (unpaired) electrons. The Morgan fingerprint density at radius 2 is 1.88 bits per heavy atom. The Morgan fingerprint density at radius 1 is 1.19 bits per heavy atom. The maximum atomic E-state index is 13.0. The number of rotatable bonds is 5. The highest BCUT2D eigenvalue weighted by atomic mass is 32.2. The van der Waals surface area contributed by atoms with Crippen molar-refractivity contribution in [1.29, 1.82) is 5.26 Å². The number of nitrogens with one attached hydrogen (secondary N) is 1. The van der Waals surface area contributed by atoms with Gasteiger partial charge < -0.3 is 9.72 Å². The lowest BCUT2D eigenvalue weighted by Crippen LogP contribution is -2.40. The molecular weight excluding hydrogens is 432 g/mol. The zero-order chi connectivity index (χ0) is 22.9. The fourth-order valence-corrected chi connectivity index (χ4v) is 4.95. The molecular formula is C22H20N4O5S. The maximum absolute atomic E-state index is 13.0. The number of aromatic nitrogens is 2. The first-order valence-corrected chi connectivity index (χ1v) is 11.4. The third-order valence-corrected chi connectivity index (χ3v) is 7.20. The molecule has 0 amide bonds. The Hall–Kier alpha value is -3.39. The van der Waals surface area contributed by atoms with Gasteiger partial charge in [-0.25, -0.2) is 13.4 Å². The molecule has 1 fully saturated rings. The van der Waals surface area contributed by atoms with Crippen LogP contribution in [0.5, 0.6) is 0 Å². The molecule has 1 aliphatic heterocycles.